The highest BCUT2D eigenvalue weighted by Crippen LogP contribution is 2.30. The average Bonchev–Trinajstić information content (AvgIpc) is 2.36. The van der Waals surface area contributed by atoms with Crippen LogP contribution in [-0.2, 0) is 6.54 Å². The molecule has 1 aliphatic rings. The van der Waals surface area contributed by atoms with Crippen LogP contribution in [0.15, 0.2) is 18.7 Å². The van der Waals surface area contributed by atoms with Crippen LogP contribution in [0.5, 0.6) is 0 Å². The van der Waals surface area contributed by atoms with Crippen molar-refractivity contribution < 1.29 is 0 Å². The van der Waals surface area contributed by atoms with Crippen LogP contribution in [0.4, 0.5) is 0 Å². The molecular formula is C14H23N3. The number of nitrogens with zero attached hydrogens (tertiary/aromatic N) is 2. The molecule has 2 rings (SSSR count). The molecule has 17 heavy (non-hydrogen) atoms. The van der Waals surface area contributed by atoms with Gasteiger partial charge in [-0.3, -0.25) is 0 Å². The largest absolute Gasteiger partial charge is 0.313 e. The lowest BCUT2D eigenvalue weighted by Gasteiger charge is -2.26. The standard InChI is InChI=1S/C14H23N3/c1-12-3-2-4-13(7-12)5-6-15-8-14-9-16-11-17-10-14/h9-13,15H,2-8H2,1H3. The Morgan fingerprint density at radius 2 is 2.12 bits per heavy atom. The molecule has 1 N–H and O–H groups in total. The predicted octanol–water partition coefficient (Wildman–Crippen LogP) is 2.78. The molecule has 0 radical (unpaired) electrons. The van der Waals surface area contributed by atoms with Crippen molar-refractivity contribution in [2.45, 2.75) is 45.6 Å². The molecule has 3 nitrogen and oxygen atoms in total. The Labute approximate surface area is 104 Å². The third kappa shape index (κ3) is 4.43. The predicted molar refractivity (Wildman–Crippen MR) is 69.5 cm³/mol. The minimum Gasteiger partial charge on any atom is -0.313 e. The fourth-order valence-electron chi connectivity index (χ4n) is 2.78. The van der Waals surface area contributed by atoms with Gasteiger partial charge in [-0.25, -0.2) is 9.97 Å². The first-order valence-corrected chi connectivity index (χ1v) is 6.79. The van der Waals surface area contributed by atoms with Crippen molar-refractivity contribution in [2.24, 2.45) is 11.8 Å². The fourth-order valence-corrected chi connectivity index (χ4v) is 2.78. The molecule has 94 valence electrons. The maximum Gasteiger partial charge on any atom is 0.115 e. The summed E-state index contributed by atoms with van der Waals surface area (Å²) in [4.78, 5) is 8.02. The van der Waals surface area contributed by atoms with E-state index in [2.05, 4.69) is 22.2 Å². The second-order valence-corrected chi connectivity index (χ2v) is 5.35. The summed E-state index contributed by atoms with van der Waals surface area (Å²) in [6.07, 6.45) is 12.4. The molecule has 2 unspecified atom stereocenters. The van der Waals surface area contributed by atoms with Crippen LogP contribution in [0.25, 0.3) is 0 Å². The molecule has 1 saturated carbocycles. The van der Waals surface area contributed by atoms with E-state index in [1.165, 1.54) is 37.7 Å². The molecule has 1 aromatic rings. The summed E-state index contributed by atoms with van der Waals surface area (Å²) in [7, 11) is 0. The van der Waals surface area contributed by atoms with Crippen molar-refractivity contribution in [3.63, 3.8) is 0 Å². The monoisotopic (exact) mass is 233 g/mol. The lowest BCUT2D eigenvalue weighted by atomic mass is 9.81. The quantitative estimate of drug-likeness (QED) is 0.795. The summed E-state index contributed by atoms with van der Waals surface area (Å²) in [5, 5.41) is 3.48. The van der Waals surface area contributed by atoms with Gasteiger partial charge in [0.15, 0.2) is 0 Å². The van der Waals surface area contributed by atoms with Crippen molar-refractivity contribution in [3.05, 3.63) is 24.3 Å². The van der Waals surface area contributed by atoms with Crippen LogP contribution < -0.4 is 5.32 Å². The summed E-state index contributed by atoms with van der Waals surface area (Å²) < 4.78 is 0. The number of nitrogens with one attached hydrogen (secondary N) is 1. The van der Waals surface area contributed by atoms with Crippen molar-refractivity contribution in [3.8, 4) is 0 Å². The molecule has 0 spiro atoms. The van der Waals surface area contributed by atoms with Gasteiger partial charge in [-0.1, -0.05) is 26.2 Å². The van der Waals surface area contributed by atoms with Gasteiger partial charge in [0.2, 0.25) is 0 Å². The molecule has 0 amide bonds. The number of hydrogen-bond acceptors (Lipinski definition) is 3. The van der Waals surface area contributed by atoms with Crippen LogP contribution in [0.1, 0.15) is 44.6 Å². The minimum absolute atomic E-state index is 0.892. The molecule has 1 heterocycles. The average molecular weight is 233 g/mol. The smallest absolute Gasteiger partial charge is 0.115 e. The fraction of sp³-hybridized carbons (Fsp3) is 0.714. The van der Waals surface area contributed by atoms with Gasteiger partial charge in [0.1, 0.15) is 6.33 Å². The molecule has 0 saturated heterocycles. The van der Waals surface area contributed by atoms with Gasteiger partial charge in [-0.2, -0.15) is 0 Å². The van der Waals surface area contributed by atoms with E-state index in [1.54, 1.807) is 6.33 Å². The Hall–Kier alpha value is -0.960. The Bertz CT molecular complexity index is 313. The van der Waals surface area contributed by atoms with Gasteiger partial charge >= 0.3 is 0 Å². The van der Waals surface area contributed by atoms with E-state index in [1.807, 2.05) is 12.4 Å². The van der Waals surface area contributed by atoms with Crippen molar-refractivity contribution in [2.75, 3.05) is 6.54 Å². The molecule has 2 atom stereocenters. The van der Waals surface area contributed by atoms with Crippen LogP contribution >= 0.6 is 0 Å². The van der Waals surface area contributed by atoms with Crippen LogP contribution in [0, 0.1) is 11.8 Å². The Kier molecular flexibility index (Phi) is 4.92. The highest BCUT2D eigenvalue weighted by atomic mass is 14.9. The topological polar surface area (TPSA) is 37.8 Å². The summed E-state index contributed by atoms with van der Waals surface area (Å²) in [6, 6.07) is 0. The first-order valence-electron chi connectivity index (χ1n) is 6.79. The zero-order chi connectivity index (χ0) is 11.9. The summed E-state index contributed by atoms with van der Waals surface area (Å²) in [5.41, 5.74) is 1.17. The van der Waals surface area contributed by atoms with Crippen molar-refractivity contribution >= 4 is 0 Å². The SMILES string of the molecule is CC1CCCC(CCNCc2cncnc2)C1. The maximum atomic E-state index is 4.01. The number of hydrogen-bond donors (Lipinski definition) is 1. The van der Waals surface area contributed by atoms with E-state index in [0.717, 1.165) is 24.9 Å². The lowest BCUT2D eigenvalue weighted by molar-refractivity contribution is 0.267. The summed E-state index contributed by atoms with van der Waals surface area (Å²) >= 11 is 0. The molecule has 1 aliphatic carbocycles. The van der Waals surface area contributed by atoms with Crippen LogP contribution in [-0.4, -0.2) is 16.5 Å². The molecular weight excluding hydrogens is 210 g/mol. The first-order chi connectivity index (χ1) is 8.34. The van der Waals surface area contributed by atoms with E-state index >= 15 is 0 Å². The zero-order valence-electron chi connectivity index (χ0n) is 10.7. The summed E-state index contributed by atoms with van der Waals surface area (Å²) in [6.45, 7) is 4.40. The Balaban J connectivity index is 1.60. The van der Waals surface area contributed by atoms with Crippen molar-refractivity contribution in [1.29, 1.82) is 0 Å². The molecule has 0 aromatic carbocycles. The van der Waals surface area contributed by atoms with E-state index < -0.39 is 0 Å². The van der Waals surface area contributed by atoms with Gasteiger partial charge in [0.05, 0.1) is 0 Å². The third-order valence-corrected chi connectivity index (χ3v) is 3.72. The Morgan fingerprint density at radius 3 is 2.88 bits per heavy atom. The second kappa shape index (κ2) is 6.70. The van der Waals surface area contributed by atoms with E-state index in [4.69, 9.17) is 0 Å². The second-order valence-electron chi connectivity index (χ2n) is 5.35. The van der Waals surface area contributed by atoms with Gasteiger partial charge < -0.3 is 5.32 Å². The maximum absolute atomic E-state index is 4.01. The van der Waals surface area contributed by atoms with E-state index in [9.17, 15) is 0 Å². The third-order valence-electron chi connectivity index (χ3n) is 3.72. The lowest BCUT2D eigenvalue weighted by Crippen LogP contribution is -2.21. The number of aromatic nitrogens is 2. The molecule has 1 fully saturated rings. The first kappa shape index (κ1) is 12.5. The Morgan fingerprint density at radius 1 is 1.29 bits per heavy atom. The summed E-state index contributed by atoms with van der Waals surface area (Å²) in [5.74, 6) is 1.88. The normalized spacial score (nSPS) is 24.8. The van der Waals surface area contributed by atoms with E-state index in [0.29, 0.717) is 0 Å². The highest BCUT2D eigenvalue weighted by Gasteiger charge is 2.17. The molecule has 0 aliphatic heterocycles. The molecule has 3 heteroatoms. The van der Waals surface area contributed by atoms with Gasteiger partial charge in [-0.15, -0.1) is 0 Å². The molecule has 1 aromatic heterocycles. The number of rotatable bonds is 5. The van der Waals surface area contributed by atoms with Crippen LogP contribution in [0.2, 0.25) is 0 Å². The van der Waals surface area contributed by atoms with Gasteiger partial charge in [0.25, 0.3) is 0 Å². The van der Waals surface area contributed by atoms with Gasteiger partial charge in [0, 0.05) is 24.5 Å². The van der Waals surface area contributed by atoms with Crippen molar-refractivity contribution in [1.82, 2.24) is 15.3 Å². The highest BCUT2D eigenvalue weighted by molar-refractivity contribution is 5.01. The van der Waals surface area contributed by atoms with Crippen LogP contribution in [0.3, 0.4) is 0 Å². The zero-order valence-corrected chi connectivity index (χ0v) is 10.7. The van der Waals surface area contributed by atoms with Gasteiger partial charge in [-0.05, 0) is 31.2 Å². The molecule has 0 bridgehead atoms. The minimum atomic E-state index is 0.892. The van der Waals surface area contributed by atoms with E-state index in [-0.39, 0.29) is 0 Å².